The molecule has 0 fully saturated rings. The Labute approximate surface area is 148 Å². The average molecular weight is 356 g/mol. The van der Waals surface area contributed by atoms with E-state index in [0.29, 0.717) is 11.6 Å². The van der Waals surface area contributed by atoms with Crippen LogP contribution in [0.4, 0.5) is 0 Å². The third-order valence-corrected chi connectivity index (χ3v) is 5.16. The first-order chi connectivity index (χ1) is 11.7. The summed E-state index contributed by atoms with van der Waals surface area (Å²) in [6.45, 7) is 6.01. The Bertz CT molecular complexity index is 877. The second-order valence-electron chi connectivity index (χ2n) is 5.01. The fraction of sp³-hybridized carbons (Fsp3) is 0.176. The normalized spacial score (nSPS) is 10.7. The van der Waals surface area contributed by atoms with Gasteiger partial charge >= 0.3 is 0 Å². The molecule has 0 unspecified atom stereocenters. The number of aromatic nitrogens is 3. The monoisotopic (exact) mass is 356 g/mol. The second kappa shape index (κ2) is 7.55. The lowest BCUT2D eigenvalue weighted by atomic mass is 10.1. The third kappa shape index (κ3) is 3.63. The Balaban J connectivity index is 1.91. The van der Waals surface area contributed by atoms with Crippen molar-refractivity contribution in [2.45, 2.75) is 11.9 Å². The van der Waals surface area contributed by atoms with Crippen molar-refractivity contribution < 1.29 is 4.79 Å². The summed E-state index contributed by atoms with van der Waals surface area (Å²) in [5.41, 5.74) is 2.66. The van der Waals surface area contributed by atoms with Crippen molar-refractivity contribution in [1.82, 2.24) is 20.5 Å². The van der Waals surface area contributed by atoms with Crippen LogP contribution in [0.25, 0.3) is 21.5 Å². The lowest BCUT2D eigenvalue weighted by molar-refractivity contribution is -0.118. The van der Waals surface area contributed by atoms with E-state index in [-0.39, 0.29) is 11.7 Å². The van der Waals surface area contributed by atoms with Crippen LogP contribution in [0, 0.1) is 6.92 Å². The van der Waals surface area contributed by atoms with Crippen molar-refractivity contribution >= 4 is 39.2 Å². The zero-order chi connectivity index (χ0) is 16.9. The molecule has 3 aromatic rings. The molecule has 0 radical (unpaired) electrons. The predicted octanol–water partition coefficient (Wildman–Crippen LogP) is 3.46. The SMILES string of the molecule is C=CCNC(=O)CSc1nnc(-c2ccccc2)c2sc(C)nc12. The van der Waals surface area contributed by atoms with Gasteiger partial charge in [0.25, 0.3) is 0 Å². The molecule has 0 saturated carbocycles. The molecule has 0 saturated heterocycles. The number of thiazole rings is 1. The Morgan fingerprint density at radius 3 is 2.88 bits per heavy atom. The zero-order valence-electron chi connectivity index (χ0n) is 13.2. The predicted molar refractivity (Wildman–Crippen MR) is 99.3 cm³/mol. The first kappa shape index (κ1) is 16.6. The van der Waals surface area contributed by atoms with Gasteiger partial charge in [0.05, 0.1) is 15.5 Å². The summed E-state index contributed by atoms with van der Waals surface area (Å²) in [6.07, 6.45) is 1.65. The van der Waals surface area contributed by atoms with Gasteiger partial charge in [-0.1, -0.05) is 48.2 Å². The van der Waals surface area contributed by atoms with E-state index in [1.54, 1.807) is 17.4 Å². The molecule has 0 aliphatic carbocycles. The highest BCUT2D eigenvalue weighted by Gasteiger charge is 2.16. The second-order valence-corrected chi connectivity index (χ2v) is 7.18. The standard InChI is InChI=1S/C17H16N4OS2/c1-3-9-18-13(22)10-23-17-15-16(24-11(2)19-15)14(20-21-17)12-7-5-4-6-8-12/h3-8H,1,9-10H2,2H3,(H,18,22). The molecule has 0 atom stereocenters. The number of amides is 1. The van der Waals surface area contributed by atoms with Crippen LogP contribution in [-0.2, 0) is 4.79 Å². The summed E-state index contributed by atoms with van der Waals surface area (Å²) < 4.78 is 1.00. The molecule has 3 rings (SSSR count). The van der Waals surface area contributed by atoms with Gasteiger partial charge in [0.1, 0.15) is 16.2 Å². The molecule has 122 valence electrons. The van der Waals surface area contributed by atoms with E-state index in [1.807, 2.05) is 37.3 Å². The van der Waals surface area contributed by atoms with Crippen molar-refractivity contribution in [1.29, 1.82) is 0 Å². The van der Waals surface area contributed by atoms with Gasteiger partial charge in [-0.3, -0.25) is 4.79 Å². The number of hydrogen-bond donors (Lipinski definition) is 1. The van der Waals surface area contributed by atoms with Gasteiger partial charge in [0.15, 0.2) is 0 Å². The Morgan fingerprint density at radius 1 is 1.33 bits per heavy atom. The molecule has 1 N–H and O–H groups in total. The maximum atomic E-state index is 11.8. The first-order valence-electron chi connectivity index (χ1n) is 7.38. The molecular formula is C17H16N4OS2. The van der Waals surface area contributed by atoms with Crippen LogP contribution in [0.1, 0.15) is 5.01 Å². The van der Waals surface area contributed by atoms with Crippen molar-refractivity contribution in [3.05, 3.63) is 48.0 Å². The molecule has 0 aliphatic heterocycles. The first-order valence-corrected chi connectivity index (χ1v) is 9.19. The smallest absolute Gasteiger partial charge is 0.230 e. The number of benzene rings is 1. The molecule has 7 heteroatoms. The number of carbonyl (C=O) groups is 1. The minimum Gasteiger partial charge on any atom is -0.352 e. The molecule has 1 amide bonds. The fourth-order valence-corrected chi connectivity index (χ4v) is 3.92. The van der Waals surface area contributed by atoms with Gasteiger partial charge in [0.2, 0.25) is 5.91 Å². The number of aryl methyl sites for hydroxylation is 1. The highest BCUT2D eigenvalue weighted by molar-refractivity contribution is 8.00. The number of thioether (sulfide) groups is 1. The minimum atomic E-state index is -0.0612. The number of nitrogens with zero attached hydrogens (tertiary/aromatic N) is 3. The van der Waals surface area contributed by atoms with Crippen molar-refractivity contribution in [2.24, 2.45) is 0 Å². The zero-order valence-corrected chi connectivity index (χ0v) is 14.8. The van der Waals surface area contributed by atoms with Crippen molar-refractivity contribution in [2.75, 3.05) is 12.3 Å². The largest absolute Gasteiger partial charge is 0.352 e. The Kier molecular flexibility index (Phi) is 5.22. The molecule has 2 heterocycles. The van der Waals surface area contributed by atoms with Crippen LogP contribution in [0.5, 0.6) is 0 Å². The van der Waals surface area contributed by atoms with Crippen LogP contribution in [0.15, 0.2) is 48.0 Å². The third-order valence-electron chi connectivity index (χ3n) is 3.22. The van der Waals surface area contributed by atoms with Crippen LogP contribution in [-0.4, -0.2) is 33.4 Å². The maximum Gasteiger partial charge on any atom is 0.230 e. The Hall–Kier alpha value is -2.25. The minimum absolute atomic E-state index is 0.0612. The molecular weight excluding hydrogens is 340 g/mol. The van der Waals surface area contributed by atoms with E-state index < -0.39 is 0 Å². The van der Waals surface area contributed by atoms with E-state index in [1.165, 1.54) is 11.8 Å². The van der Waals surface area contributed by atoms with Crippen LogP contribution in [0.3, 0.4) is 0 Å². The number of hydrogen-bond acceptors (Lipinski definition) is 6. The van der Waals surface area contributed by atoms with E-state index in [0.717, 1.165) is 26.5 Å². The molecule has 2 aromatic heterocycles. The highest BCUT2D eigenvalue weighted by atomic mass is 32.2. The molecule has 5 nitrogen and oxygen atoms in total. The summed E-state index contributed by atoms with van der Waals surface area (Å²) in [7, 11) is 0. The van der Waals surface area contributed by atoms with Gasteiger partial charge < -0.3 is 5.32 Å². The van der Waals surface area contributed by atoms with E-state index in [2.05, 4.69) is 27.1 Å². The summed E-state index contributed by atoms with van der Waals surface area (Å²) >= 11 is 2.95. The van der Waals surface area contributed by atoms with Crippen molar-refractivity contribution in [3.63, 3.8) is 0 Å². The van der Waals surface area contributed by atoms with Crippen LogP contribution < -0.4 is 5.32 Å². The highest BCUT2D eigenvalue weighted by Crippen LogP contribution is 2.35. The molecule has 0 aliphatic rings. The quantitative estimate of drug-likeness (QED) is 0.541. The summed E-state index contributed by atoms with van der Waals surface area (Å²) in [4.78, 5) is 16.3. The fourth-order valence-electron chi connectivity index (χ4n) is 2.17. The molecule has 0 bridgehead atoms. The molecule has 0 spiro atoms. The summed E-state index contributed by atoms with van der Waals surface area (Å²) in [5.74, 6) is 0.215. The van der Waals surface area contributed by atoms with Gasteiger partial charge in [0, 0.05) is 12.1 Å². The van der Waals surface area contributed by atoms with Crippen LogP contribution in [0.2, 0.25) is 0 Å². The Morgan fingerprint density at radius 2 is 2.12 bits per heavy atom. The average Bonchev–Trinajstić information content (AvgIpc) is 3.00. The number of carbonyl (C=O) groups excluding carboxylic acids is 1. The summed E-state index contributed by atoms with van der Waals surface area (Å²) in [5, 5.41) is 13.1. The van der Waals surface area contributed by atoms with Gasteiger partial charge in [-0.05, 0) is 6.92 Å². The van der Waals surface area contributed by atoms with Crippen LogP contribution >= 0.6 is 23.1 Å². The van der Waals surface area contributed by atoms with Gasteiger partial charge in [-0.25, -0.2) is 4.98 Å². The lowest BCUT2D eigenvalue weighted by Crippen LogP contribution is -2.24. The molecule has 1 aromatic carbocycles. The maximum absolute atomic E-state index is 11.8. The van der Waals surface area contributed by atoms with Crippen molar-refractivity contribution in [3.8, 4) is 11.3 Å². The van der Waals surface area contributed by atoms with E-state index in [9.17, 15) is 4.79 Å². The number of rotatable bonds is 6. The van der Waals surface area contributed by atoms with E-state index in [4.69, 9.17) is 0 Å². The number of fused-ring (bicyclic) bond motifs is 1. The van der Waals surface area contributed by atoms with Gasteiger partial charge in [-0.15, -0.1) is 28.1 Å². The molecule has 24 heavy (non-hydrogen) atoms. The number of nitrogens with one attached hydrogen (secondary N) is 1. The summed E-state index contributed by atoms with van der Waals surface area (Å²) in [6, 6.07) is 9.94. The topological polar surface area (TPSA) is 67.8 Å². The van der Waals surface area contributed by atoms with Gasteiger partial charge in [-0.2, -0.15) is 0 Å². The lowest BCUT2D eigenvalue weighted by Gasteiger charge is -2.05. The van der Waals surface area contributed by atoms with E-state index >= 15 is 0 Å².